The molecule has 3 N–H and O–H groups in total. The molecule has 1 aromatic rings. The molecule has 88 valence electrons. The predicted octanol–water partition coefficient (Wildman–Crippen LogP) is 2.48. The van der Waals surface area contributed by atoms with Crippen molar-refractivity contribution in [2.45, 2.75) is 13.0 Å². The lowest BCUT2D eigenvalue weighted by atomic mass is 10.4. The van der Waals surface area contributed by atoms with Crippen LogP contribution in [-0.4, -0.2) is 22.2 Å². The van der Waals surface area contributed by atoms with Crippen molar-refractivity contribution in [3.05, 3.63) is 15.2 Å². The Hall–Kier alpha value is -0.910. The standard InChI is InChI=1S/C8H7Cl3N2O3/c1-2(8(14)15)16-7-4(10)5(12)3(9)6(11)13-7/h2H,1H3,(H2,12,13)(H,14,15)/t2-/m0/s1. The number of hydrogen-bond donors (Lipinski definition) is 2. The van der Waals surface area contributed by atoms with E-state index >= 15 is 0 Å². The van der Waals surface area contributed by atoms with Crippen molar-refractivity contribution in [3.63, 3.8) is 0 Å². The van der Waals surface area contributed by atoms with Gasteiger partial charge in [0.1, 0.15) is 10.0 Å². The Morgan fingerprint density at radius 2 is 2.00 bits per heavy atom. The lowest BCUT2D eigenvalue weighted by Gasteiger charge is -2.13. The highest BCUT2D eigenvalue weighted by Crippen LogP contribution is 2.38. The Morgan fingerprint density at radius 3 is 2.50 bits per heavy atom. The molecule has 16 heavy (non-hydrogen) atoms. The van der Waals surface area contributed by atoms with E-state index < -0.39 is 12.1 Å². The van der Waals surface area contributed by atoms with Gasteiger partial charge >= 0.3 is 5.97 Å². The monoisotopic (exact) mass is 284 g/mol. The van der Waals surface area contributed by atoms with E-state index in [0.717, 1.165) is 0 Å². The predicted molar refractivity (Wildman–Crippen MR) is 61.4 cm³/mol. The number of carbonyl (C=O) groups is 1. The van der Waals surface area contributed by atoms with Crippen LogP contribution in [0.25, 0.3) is 0 Å². The average Bonchev–Trinajstić information content (AvgIpc) is 2.22. The van der Waals surface area contributed by atoms with Crippen LogP contribution >= 0.6 is 34.8 Å². The number of anilines is 1. The van der Waals surface area contributed by atoms with E-state index in [1.807, 2.05) is 0 Å². The van der Waals surface area contributed by atoms with Crippen LogP contribution in [0.5, 0.6) is 5.88 Å². The number of rotatable bonds is 3. The lowest BCUT2D eigenvalue weighted by molar-refractivity contribution is -0.144. The summed E-state index contributed by atoms with van der Waals surface area (Å²) in [7, 11) is 0. The number of hydrogen-bond acceptors (Lipinski definition) is 4. The number of carboxylic acids is 1. The first kappa shape index (κ1) is 13.2. The molecule has 0 unspecified atom stereocenters. The summed E-state index contributed by atoms with van der Waals surface area (Å²) in [6.07, 6.45) is -1.12. The molecule has 0 fully saturated rings. The molecular formula is C8H7Cl3N2O3. The van der Waals surface area contributed by atoms with Crippen molar-refractivity contribution < 1.29 is 14.6 Å². The van der Waals surface area contributed by atoms with Gasteiger partial charge in [0.05, 0.1) is 5.69 Å². The summed E-state index contributed by atoms with van der Waals surface area (Å²) in [6, 6.07) is 0. The number of pyridine rings is 1. The molecule has 0 spiro atoms. The quantitative estimate of drug-likeness (QED) is 0.833. The average molecular weight is 286 g/mol. The van der Waals surface area contributed by atoms with Gasteiger partial charge in [0.2, 0.25) is 5.88 Å². The third kappa shape index (κ3) is 2.61. The minimum absolute atomic E-state index is 0.00185. The fourth-order valence-corrected chi connectivity index (χ4v) is 1.35. The number of nitrogens with two attached hydrogens (primary N) is 1. The Kier molecular flexibility index (Phi) is 4.07. The number of halogens is 3. The van der Waals surface area contributed by atoms with E-state index in [2.05, 4.69) is 4.98 Å². The van der Waals surface area contributed by atoms with Crippen LogP contribution in [0.15, 0.2) is 0 Å². The van der Waals surface area contributed by atoms with Crippen LogP contribution < -0.4 is 10.5 Å². The van der Waals surface area contributed by atoms with Crippen molar-refractivity contribution in [2.75, 3.05) is 5.73 Å². The number of aromatic nitrogens is 1. The second-order valence-electron chi connectivity index (χ2n) is 2.85. The third-order valence-corrected chi connectivity index (χ3v) is 2.80. The molecule has 5 nitrogen and oxygen atoms in total. The Morgan fingerprint density at radius 1 is 1.44 bits per heavy atom. The van der Waals surface area contributed by atoms with E-state index in [0.29, 0.717) is 0 Å². The molecule has 0 saturated heterocycles. The Labute approximate surface area is 106 Å². The molecule has 0 bridgehead atoms. The highest BCUT2D eigenvalue weighted by Gasteiger charge is 2.20. The van der Waals surface area contributed by atoms with Crippen LogP contribution in [0.2, 0.25) is 15.2 Å². The number of ether oxygens (including phenoxy) is 1. The summed E-state index contributed by atoms with van der Waals surface area (Å²) in [5.41, 5.74) is 5.52. The van der Waals surface area contributed by atoms with Gasteiger partial charge < -0.3 is 15.6 Å². The van der Waals surface area contributed by atoms with Crippen molar-refractivity contribution in [2.24, 2.45) is 0 Å². The van der Waals surface area contributed by atoms with Gasteiger partial charge in [-0.05, 0) is 6.92 Å². The normalized spacial score (nSPS) is 12.2. The minimum Gasteiger partial charge on any atom is -0.479 e. The zero-order valence-corrected chi connectivity index (χ0v) is 10.3. The number of aliphatic carboxylic acids is 1. The summed E-state index contributed by atoms with van der Waals surface area (Å²) >= 11 is 17.1. The fraction of sp³-hybridized carbons (Fsp3) is 0.250. The molecule has 1 rings (SSSR count). The van der Waals surface area contributed by atoms with Crippen molar-refractivity contribution >= 4 is 46.5 Å². The number of carboxylic acid groups (broad SMARTS) is 1. The first-order valence-electron chi connectivity index (χ1n) is 4.04. The molecule has 0 saturated carbocycles. The van der Waals surface area contributed by atoms with Gasteiger partial charge in [-0.1, -0.05) is 34.8 Å². The molecule has 8 heteroatoms. The second-order valence-corrected chi connectivity index (χ2v) is 3.96. The van der Waals surface area contributed by atoms with Gasteiger partial charge in [-0.3, -0.25) is 0 Å². The molecule has 1 atom stereocenters. The Balaban J connectivity index is 3.11. The molecule has 0 aromatic carbocycles. The van der Waals surface area contributed by atoms with Gasteiger partial charge in [0.15, 0.2) is 11.3 Å². The summed E-state index contributed by atoms with van der Waals surface area (Å²) in [5, 5.41) is 8.48. The lowest BCUT2D eigenvalue weighted by Crippen LogP contribution is -2.23. The fourth-order valence-electron chi connectivity index (χ4n) is 0.806. The van der Waals surface area contributed by atoms with Crippen LogP contribution in [0.1, 0.15) is 6.92 Å². The minimum atomic E-state index is -1.16. The van der Waals surface area contributed by atoms with E-state index in [1.54, 1.807) is 0 Å². The summed E-state index contributed by atoms with van der Waals surface area (Å²) in [5.74, 6) is -1.33. The largest absolute Gasteiger partial charge is 0.479 e. The van der Waals surface area contributed by atoms with E-state index in [4.69, 9.17) is 50.4 Å². The molecule has 1 aromatic heterocycles. The van der Waals surface area contributed by atoms with E-state index in [9.17, 15) is 4.79 Å². The third-order valence-electron chi connectivity index (χ3n) is 1.68. The van der Waals surface area contributed by atoms with E-state index in [-0.39, 0.29) is 26.8 Å². The van der Waals surface area contributed by atoms with Crippen molar-refractivity contribution in [3.8, 4) is 5.88 Å². The molecule has 1 heterocycles. The molecule has 0 radical (unpaired) electrons. The second kappa shape index (κ2) is 4.95. The summed E-state index contributed by atoms with van der Waals surface area (Å²) in [4.78, 5) is 14.3. The van der Waals surface area contributed by atoms with Gasteiger partial charge in [-0.25, -0.2) is 4.79 Å². The highest BCUT2D eigenvalue weighted by molar-refractivity contribution is 6.45. The SMILES string of the molecule is C[C@H](Oc1nc(Cl)c(Cl)c(N)c1Cl)C(=O)O. The van der Waals surface area contributed by atoms with Gasteiger partial charge in [0, 0.05) is 0 Å². The van der Waals surface area contributed by atoms with Gasteiger partial charge in [-0.15, -0.1) is 0 Å². The van der Waals surface area contributed by atoms with E-state index in [1.165, 1.54) is 6.92 Å². The summed E-state index contributed by atoms with van der Waals surface area (Å²) < 4.78 is 4.96. The molecule has 0 aliphatic carbocycles. The maximum Gasteiger partial charge on any atom is 0.344 e. The van der Waals surface area contributed by atoms with Crippen molar-refractivity contribution in [1.29, 1.82) is 0 Å². The zero-order valence-electron chi connectivity index (χ0n) is 8.00. The smallest absolute Gasteiger partial charge is 0.344 e. The van der Waals surface area contributed by atoms with Gasteiger partial charge in [0.25, 0.3) is 0 Å². The van der Waals surface area contributed by atoms with Crippen LogP contribution in [0, 0.1) is 0 Å². The zero-order chi connectivity index (χ0) is 12.5. The molecule has 0 amide bonds. The van der Waals surface area contributed by atoms with Gasteiger partial charge in [-0.2, -0.15) is 4.98 Å². The highest BCUT2D eigenvalue weighted by atomic mass is 35.5. The number of nitrogen functional groups attached to an aromatic ring is 1. The topological polar surface area (TPSA) is 85.4 Å². The Bertz CT molecular complexity index is 439. The summed E-state index contributed by atoms with van der Waals surface area (Å²) in [6.45, 7) is 1.32. The van der Waals surface area contributed by atoms with Crippen LogP contribution in [-0.2, 0) is 4.79 Å². The molecular weight excluding hydrogens is 278 g/mol. The van der Waals surface area contributed by atoms with Crippen LogP contribution in [0.3, 0.4) is 0 Å². The molecule has 0 aliphatic heterocycles. The first-order valence-corrected chi connectivity index (χ1v) is 5.17. The van der Waals surface area contributed by atoms with Crippen LogP contribution in [0.4, 0.5) is 5.69 Å². The maximum absolute atomic E-state index is 10.6. The maximum atomic E-state index is 10.6. The van der Waals surface area contributed by atoms with Crippen molar-refractivity contribution in [1.82, 2.24) is 4.98 Å². The molecule has 0 aliphatic rings. The first-order chi connectivity index (χ1) is 7.34. The number of nitrogens with zero attached hydrogens (tertiary/aromatic N) is 1.